The largest absolute Gasteiger partial charge is 0.506 e. The van der Waals surface area contributed by atoms with Crippen molar-refractivity contribution in [1.29, 1.82) is 0 Å². The Kier molecular flexibility index (Phi) is 4.50. The molecule has 1 atom stereocenters. The van der Waals surface area contributed by atoms with Gasteiger partial charge in [-0.25, -0.2) is 4.79 Å². The molecule has 1 aliphatic rings. The van der Waals surface area contributed by atoms with Crippen molar-refractivity contribution in [2.24, 2.45) is 0 Å². The van der Waals surface area contributed by atoms with Gasteiger partial charge in [0, 0.05) is 12.1 Å². The van der Waals surface area contributed by atoms with Gasteiger partial charge in [-0.3, -0.25) is 9.59 Å². The van der Waals surface area contributed by atoms with E-state index in [4.69, 9.17) is 21.1 Å². The second kappa shape index (κ2) is 6.60. The van der Waals surface area contributed by atoms with Crippen LogP contribution in [0, 0.1) is 0 Å². The fourth-order valence-corrected chi connectivity index (χ4v) is 2.95. The van der Waals surface area contributed by atoms with Gasteiger partial charge in [-0.05, 0) is 24.6 Å². The third-order valence-electron chi connectivity index (χ3n) is 3.89. The van der Waals surface area contributed by atoms with Crippen LogP contribution in [0.3, 0.4) is 0 Å². The maximum Gasteiger partial charge on any atom is 0.343 e. The number of H-pyrrole nitrogens is 1. The normalized spacial score (nSPS) is 16.1. The number of aromatic amines is 1. The summed E-state index contributed by atoms with van der Waals surface area (Å²) < 4.78 is 10.1. The van der Waals surface area contributed by atoms with Crippen molar-refractivity contribution in [2.75, 3.05) is 6.61 Å². The molecule has 0 bridgehead atoms. The number of fused-ring (bicyclic) bond motifs is 1. The van der Waals surface area contributed by atoms with E-state index in [1.807, 2.05) is 0 Å². The Bertz CT molecular complexity index is 920. The zero-order valence-electron chi connectivity index (χ0n) is 13.2. The summed E-state index contributed by atoms with van der Waals surface area (Å²) in [5, 5.41) is 9.66. The Morgan fingerprint density at radius 3 is 2.88 bits per heavy atom. The van der Waals surface area contributed by atoms with E-state index in [0.29, 0.717) is 5.56 Å². The van der Waals surface area contributed by atoms with Gasteiger partial charge in [0.2, 0.25) is 0 Å². The SMILES string of the molecule is CCOC(=O)c1c[nH]c(=O)c2c1OC(=O)CC2c1ccc(O)c(Cl)c1. The second-order valence-corrected chi connectivity index (χ2v) is 5.84. The Hall–Kier alpha value is -2.80. The Labute approximate surface area is 147 Å². The van der Waals surface area contributed by atoms with Gasteiger partial charge in [-0.2, -0.15) is 0 Å². The van der Waals surface area contributed by atoms with Gasteiger partial charge < -0.3 is 19.6 Å². The van der Waals surface area contributed by atoms with Crippen molar-refractivity contribution in [3.8, 4) is 11.5 Å². The summed E-state index contributed by atoms with van der Waals surface area (Å²) in [4.78, 5) is 39.0. The molecule has 0 spiro atoms. The molecule has 1 unspecified atom stereocenters. The first-order valence-electron chi connectivity index (χ1n) is 7.54. The maximum atomic E-state index is 12.4. The van der Waals surface area contributed by atoms with Gasteiger partial charge >= 0.3 is 11.9 Å². The van der Waals surface area contributed by atoms with Crippen molar-refractivity contribution < 1.29 is 24.2 Å². The first-order chi connectivity index (χ1) is 11.9. The zero-order valence-corrected chi connectivity index (χ0v) is 13.9. The van der Waals surface area contributed by atoms with Gasteiger partial charge in [-0.1, -0.05) is 17.7 Å². The van der Waals surface area contributed by atoms with Crippen molar-refractivity contribution in [1.82, 2.24) is 4.98 Å². The molecule has 0 radical (unpaired) electrons. The summed E-state index contributed by atoms with van der Waals surface area (Å²) in [6.45, 7) is 1.78. The molecular weight excluding hydrogens is 350 g/mol. The maximum absolute atomic E-state index is 12.4. The third kappa shape index (κ3) is 3.10. The van der Waals surface area contributed by atoms with Gasteiger partial charge in [-0.15, -0.1) is 0 Å². The second-order valence-electron chi connectivity index (χ2n) is 5.44. The van der Waals surface area contributed by atoms with Crippen LogP contribution in [0.1, 0.15) is 40.7 Å². The Morgan fingerprint density at radius 1 is 1.44 bits per heavy atom. The predicted molar refractivity (Wildman–Crippen MR) is 88.2 cm³/mol. The van der Waals surface area contributed by atoms with Crippen LogP contribution in [0.4, 0.5) is 0 Å². The highest BCUT2D eigenvalue weighted by Crippen LogP contribution is 2.40. The van der Waals surface area contributed by atoms with E-state index < -0.39 is 23.4 Å². The lowest BCUT2D eigenvalue weighted by Gasteiger charge is -2.25. The topological polar surface area (TPSA) is 106 Å². The number of hydrogen-bond acceptors (Lipinski definition) is 6. The highest BCUT2D eigenvalue weighted by molar-refractivity contribution is 6.32. The van der Waals surface area contributed by atoms with Gasteiger partial charge in [0.1, 0.15) is 11.3 Å². The molecule has 7 nitrogen and oxygen atoms in total. The fraction of sp³-hybridized carbons (Fsp3) is 0.235. The molecule has 8 heteroatoms. The summed E-state index contributed by atoms with van der Waals surface area (Å²) in [5.74, 6) is -2.16. The lowest BCUT2D eigenvalue weighted by atomic mass is 9.86. The highest BCUT2D eigenvalue weighted by atomic mass is 35.5. The van der Waals surface area contributed by atoms with Crippen LogP contribution in [0.5, 0.6) is 11.5 Å². The molecule has 0 fully saturated rings. The van der Waals surface area contributed by atoms with Crippen LogP contribution in [-0.4, -0.2) is 28.6 Å². The number of carbonyl (C=O) groups excluding carboxylic acids is 2. The van der Waals surface area contributed by atoms with E-state index in [2.05, 4.69) is 4.98 Å². The van der Waals surface area contributed by atoms with Crippen molar-refractivity contribution in [3.63, 3.8) is 0 Å². The van der Waals surface area contributed by atoms with Crippen LogP contribution >= 0.6 is 11.6 Å². The first kappa shape index (κ1) is 17.0. The summed E-state index contributed by atoms with van der Waals surface area (Å²) >= 11 is 5.93. The highest BCUT2D eigenvalue weighted by Gasteiger charge is 2.35. The van der Waals surface area contributed by atoms with Crippen molar-refractivity contribution in [2.45, 2.75) is 19.3 Å². The number of ether oxygens (including phenoxy) is 2. The summed E-state index contributed by atoms with van der Waals surface area (Å²) in [7, 11) is 0. The average Bonchev–Trinajstić information content (AvgIpc) is 2.57. The number of aromatic nitrogens is 1. The number of hydrogen-bond donors (Lipinski definition) is 2. The number of benzene rings is 1. The monoisotopic (exact) mass is 363 g/mol. The molecule has 25 heavy (non-hydrogen) atoms. The number of halogens is 1. The Morgan fingerprint density at radius 2 is 2.20 bits per heavy atom. The molecule has 2 aromatic rings. The first-order valence-corrected chi connectivity index (χ1v) is 7.92. The molecule has 2 N–H and O–H groups in total. The molecule has 1 aromatic carbocycles. The van der Waals surface area contributed by atoms with E-state index in [-0.39, 0.29) is 40.7 Å². The molecular formula is C17H14ClNO6. The summed E-state index contributed by atoms with van der Waals surface area (Å²) in [6.07, 6.45) is 1.07. The molecule has 2 heterocycles. The minimum absolute atomic E-state index is 0.0284. The molecule has 0 amide bonds. The van der Waals surface area contributed by atoms with Gasteiger partial charge in [0.15, 0.2) is 5.75 Å². The fourth-order valence-electron chi connectivity index (χ4n) is 2.76. The molecule has 0 aliphatic carbocycles. The van der Waals surface area contributed by atoms with Crippen LogP contribution in [0.2, 0.25) is 5.02 Å². The minimum Gasteiger partial charge on any atom is -0.506 e. The third-order valence-corrected chi connectivity index (χ3v) is 4.19. The molecule has 130 valence electrons. The van der Waals surface area contributed by atoms with E-state index in [0.717, 1.165) is 0 Å². The Balaban J connectivity index is 2.18. The number of pyridine rings is 1. The van der Waals surface area contributed by atoms with E-state index >= 15 is 0 Å². The number of carbonyl (C=O) groups is 2. The smallest absolute Gasteiger partial charge is 0.343 e. The van der Waals surface area contributed by atoms with E-state index in [1.165, 1.54) is 18.3 Å². The lowest BCUT2D eigenvalue weighted by Crippen LogP contribution is -2.30. The minimum atomic E-state index is -0.702. The molecule has 1 aliphatic heterocycles. The molecule has 3 rings (SSSR count). The summed E-state index contributed by atoms with van der Waals surface area (Å²) in [5.41, 5.74) is 0.184. The standard InChI is InChI=1S/C17H14ClNO6/c1-2-24-17(23)10-7-19-16(22)14-9(6-13(21)25-15(10)14)8-3-4-12(20)11(18)5-8/h3-5,7,9,20H,2,6H2,1H3,(H,19,22). The molecule has 0 saturated carbocycles. The summed E-state index contributed by atoms with van der Waals surface area (Å²) in [6, 6.07) is 4.41. The van der Waals surface area contributed by atoms with E-state index in [9.17, 15) is 19.5 Å². The van der Waals surface area contributed by atoms with Crippen LogP contribution in [0.15, 0.2) is 29.2 Å². The average molecular weight is 364 g/mol. The molecule has 0 saturated heterocycles. The number of rotatable bonds is 3. The number of phenols is 1. The number of esters is 2. The lowest BCUT2D eigenvalue weighted by molar-refractivity contribution is -0.135. The zero-order chi connectivity index (χ0) is 18.1. The van der Waals surface area contributed by atoms with Crippen LogP contribution in [-0.2, 0) is 9.53 Å². The number of aromatic hydroxyl groups is 1. The van der Waals surface area contributed by atoms with Gasteiger partial charge in [0.25, 0.3) is 5.56 Å². The van der Waals surface area contributed by atoms with Crippen molar-refractivity contribution >= 4 is 23.5 Å². The number of phenolic OH excluding ortho intramolecular Hbond substituents is 1. The molecule has 1 aromatic heterocycles. The van der Waals surface area contributed by atoms with E-state index in [1.54, 1.807) is 13.0 Å². The van der Waals surface area contributed by atoms with Gasteiger partial charge in [0.05, 0.1) is 23.6 Å². The quantitative estimate of drug-likeness (QED) is 0.811. The predicted octanol–water partition coefficient (Wildman–Crippen LogP) is 2.35. The van der Waals surface area contributed by atoms with Crippen molar-refractivity contribution in [3.05, 3.63) is 56.5 Å². The van der Waals surface area contributed by atoms with Crippen LogP contribution in [0.25, 0.3) is 0 Å². The number of nitrogens with one attached hydrogen (secondary N) is 1. The van der Waals surface area contributed by atoms with Crippen LogP contribution < -0.4 is 10.3 Å².